The second-order valence-corrected chi connectivity index (χ2v) is 5.44. The number of likely N-dealkylation sites (N-methyl/N-ethyl adjacent to an activating group) is 1. The second kappa shape index (κ2) is 5.07. The van der Waals surface area contributed by atoms with E-state index in [1.165, 1.54) is 4.90 Å². The number of rotatable bonds is 3. The molecule has 3 rings (SSSR count). The van der Waals surface area contributed by atoms with Crippen LogP contribution in [0.1, 0.15) is 10.4 Å². The number of carbonyl (C=O) groups excluding carboxylic acids is 1. The van der Waals surface area contributed by atoms with Crippen molar-refractivity contribution in [1.82, 2.24) is 5.32 Å². The van der Waals surface area contributed by atoms with Gasteiger partial charge in [-0.1, -0.05) is 30.0 Å². The molecule has 0 radical (unpaired) electrons. The Bertz CT molecular complexity index is 640. The molecule has 0 spiro atoms. The summed E-state index contributed by atoms with van der Waals surface area (Å²) in [5.41, 5.74) is 2.73. The lowest BCUT2D eigenvalue weighted by Crippen LogP contribution is -2.20. The van der Waals surface area contributed by atoms with Gasteiger partial charge in [-0.05, 0) is 31.3 Å². The molecule has 0 aromatic heterocycles. The van der Waals surface area contributed by atoms with E-state index in [1.807, 2.05) is 36.4 Å². The molecule has 0 saturated carbocycles. The number of ketones is 1. The van der Waals surface area contributed by atoms with E-state index < -0.39 is 0 Å². The van der Waals surface area contributed by atoms with Crippen LogP contribution in [-0.2, 0) is 0 Å². The second-order valence-electron chi connectivity index (χ2n) is 4.36. The van der Waals surface area contributed by atoms with Crippen LogP contribution < -0.4 is 10.6 Å². The van der Waals surface area contributed by atoms with Gasteiger partial charge in [0.2, 0.25) is 0 Å². The van der Waals surface area contributed by atoms with E-state index in [2.05, 4.69) is 16.7 Å². The molecule has 4 heteroatoms. The molecule has 0 aliphatic carbocycles. The number of fused-ring (bicyclic) bond motifs is 2. The fourth-order valence-corrected chi connectivity index (χ4v) is 3.17. The standard InChI is InChI=1S/C15H14N2OS/c1-16-9-12(18)10-5-4-8-14-15(10)17-11-6-2-3-7-13(11)19-14/h2-8,16-17H,9H2,1H3. The number of benzene rings is 2. The molecule has 3 nitrogen and oxygen atoms in total. The topological polar surface area (TPSA) is 41.1 Å². The molecule has 0 bridgehead atoms. The quantitative estimate of drug-likeness (QED) is 0.717. The highest BCUT2D eigenvalue weighted by molar-refractivity contribution is 7.99. The first-order chi connectivity index (χ1) is 9.29. The van der Waals surface area contributed by atoms with Crippen LogP contribution in [0.4, 0.5) is 11.4 Å². The van der Waals surface area contributed by atoms with Crippen LogP contribution in [-0.4, -0.2) is 19.4 Å². The number of anilines is 2. The highest BCUT2D eigenvalue weighted by atomic mass is 32.2. The highest BCUT2D eigenvalue weighted by Gasteiger charge is 2.20. The van der Waals surface area contributed by atoms with Gasteiger partial charge in [0.05, 0.1) is 17.9 Å². The first kappa shape index (κ1) is 12.3. The smallest absolute Gasteiger partial charge is 0.178 e. The molecule has 96 valence electrons. The first-order valence-corrected chi connectivity index (χ1v) is 6.96. The summed E-state index contributed by atoms with van der Waals surface area (Å²) >= 11 is 1.70. The van der Waals surface area contributed by atoms with Gasteiger partial charge in [0.25, 0.3) is 0 Å². The SMILES string of the molecule is CNCC(=O)c1cccc2c1Nc1ccccc1S2. The number of para-hydroxylation sites is 2. The maximum Gasteiger partial charge on any atom is 0.178 e. The van der Waals surface area contributed by atoms with Gasteiger partial charge in [-0.15, -0.1) is 0 Å². The third-order valence-corrected chi connectivity index (χ3v) is 4.17. The van der Waals surface area contributed by atoms with Gasteiger partial charge < -0.3 is 10.6 Å². The van der Waals surface area contributed by atoms with Crippen molar-refractivity contribution in [2.75, 3.05) is 18.9 Å². The Kier molecular flexibility index (Phi) is 3.27. The number of Topliss-reactive ketones (excluding diaryl/α,β-unsaturated/α-hetero) is 1. The number of carbonyl (C=O) groups is 1. The molecule has 2 N–H and O–H groups in total. The molecule has 2 aromatic carbocycles. The average molecular weight is 270 g/mol. The van der Waals surface area contributed by atoms with E-state index in [0.717, 1.165) is 21.8 Å². The van der Waals surface area contributed by atoms with Crippen molar-refractivity contribution in [3.8, 4) is 0 Å². The van der Waals surface area contributed by atoms with Crippen LogP contribution in [0.5, 0.6) is 0 Å². The first-order valence-electron chi connectivity index (χ1n) is 6.14. The Hall–Kier alpha value is -1.78. The van der Waals surface area contributed by atoms with Gasteiger partial charge in [-0.2, -0.15) is 0 Å². The lowest BCUT2D eigenvalue weighted by molar-refractivity contribution is 0.0994. The van der Waals surface area contributed by atoms with Crippen LogP contribution in [0.15, 0.2) is 52.3 Å². The predicted molar refractivity (Wildman–Crippen MR) is 78.5 cm³/mol. The lowest BCUT2D eigenvalue weighted by atomic mass is 10.1. The van der Waals surface area contributed by atoms with Crippen molar-refractivity contribution < 1.29 is 4.79 Å². The lowest BCUT2D eigenvalue weighted by Gasteiger charge is -2.22. The Morgan fingerprint density at radius 3 is 2.79 bits per heavy atom. The van der Waals surface area contributed by atoms with Gasteiger partial charge in [0, 0.05) is 15.4 Å². The molecule has 1 aliphatic rings. The number of nitrogens with one attached hydrogen (secondary N) is 2. The molecular weight excluding hydrogens is 256 g/mol. The highest BCUT2D eigenvalue weighted by Crippen LogP contribution is 2.45. The molecule has 19 heavy (non-hydrogen) atoms. The van der Waals surface area contributed by atoms with Crippen molar-refractivity contribution in [3.63, 3.8) is 0 Å². The maximum absolute atomic E-state index is 12.1. The molecule has 1 aliphatic heterocycles. The molecule has 0 saturated heterocycles. The summed E-state index contributed by atoms with van der Waals surface area (Å²) in [4.78, 5) is 14.4. The minimum absolute atomic E-state index is 0.104. The van der Waals surface area contributed by atoms with E-state index in [-0.39, 0.29) is 5.78 Å². The Morgan fingerprint density at radius 2 is 1.95 bits per heavy atom. The summed E-state index contributed by atoms with van der Waals surface area (Å²) in [5.74, 6) is 0.104. The largest absolute Gasteiger partial charge is 0.353 e. The normalized spacial score (nSPS) is 12.3. The van der Waals surface area contributed by atoms with Crippen LogP contribution >= 0.6 is 11.8 Å². The van der Waals surface area contributed by atoms with Crippen LogP contribution in [0.3, 0.4) is 0 Å². The van der Waals surface area contributed by atoms with Crippen molar-refractivity contribution >= 4 is 28.9 Å². The molecule has 0 atom stereocenters. The Balaban J connectivity index is 2.03. The fourth-order valence-electron chi connectivity index (χ4n) is 2.15. The zero-order chi connectivity index (χ0) is 13.2. The Morgan fingerprint density at radius 1 is 1.16 bits per heavy atom. The molecule has 0 unspecified atom stereocenters. The summed E-state index contributed by atoms with van der Waals surface area (Å²) in [5, 5.41) is 6.29. The van der Waals surface area contributed by atoms with Gasteiger partial charge in [0.15, 0.2) is 5.78 Å². The van der Waals surface area contributed by atoms with Gasteiger partial charge in [0.1, 0.15) is 0 Å². The minimum Gasteiger partial charge on any atom is -0.353 e. The summed E-state index contributed by atoms with van der Waals surface area (Å²) in [6.45, 7) is 0.352. The molecular formula is C15H14N2OS. The van der Waals surface area contributed by atoms with Crippen LogP contribution in [0.2, 0.25) is 0 Å². The predicted octanol–water partition coefficient (Wildman–Crippen LogP) is 3.30. The molecule has 1 heterocycles. The van der Waals surface area contributed by atoms with Gasteiger partial charge in [-0.25, -0.2) is 0 Å². The summed E-state index contributed by atoms with van der Waals surface area (Å²) in [6.07, 6.45) is 0. The van der Waals surface area contributed by atoms with E-state index in [4.69, 9.17) is 0 Å². The van der Waals surface area contributed by atoms with Crippen LogP contribution in [0, 0.1) is 0 Å². The van der Waals surface area contributed by atoms with Gasteiger partial charge in [-0.3, -0.25) is 4.79 Å². The third-order valence-electron chi connectivity index (χ3n) is 3.03. The Labute approximate surface area is 116 Å². The molecule has 0 fully saturated rings. The fraction of sp³-hybridized carbons (Fsp3) is 0.133. The third kappa shape index (κ3) is 2.25. The maximum atomic E-state index is 12.1. The van der Waals surface area contributed by atoms with Gasteiger partial charge >= 0.3 is 0 Å². The van der Waals surface area contributed by atoms with Crippen molar-refractivity contribution in [3.05, 3.63) is 48.0 Å². The summed E-state index contributed by atoms with van der Waals surface area (Å²) < 4.78 is 0. The molecule has 0 amide bonds. The summed E-state index contributed by atoms with van der Waals surface area (Å²) in [7, 11) is 1.78. The monoisotopic (exact) mass is 270 g/mol. The van der Waals surface area contributed by atoms with Crippen molar-refractivity contribution in [2.45, 2.75) is 9.79 Å². The van der Waals surface area contributed by atoms with E-state index in [9.17, 15) is 4.79 Å². The number of hydrogen-bond acceptors (Lipinski definition) is 4. The van der Waals surface area contributed by atoms with Crippen LogP contribution in [0.25, 0.3) is 0 Å². The van der Waals surface area contributed by atoms with Crippen molar-refractivity contribution in [2.24, 2.45) is 0 Å². The minimum atomic E-state index is 0.104. The summed E-state index contributed by atoms with van der Waals surface area (Å²) in [6, 6.07) is 14.0. The zero-order valence-corrected chi connectivity index (χ0v) is 11.4. The average Bonchev–Trinajstić information content (AvgIpc) is 2.44. The van der Waals surface area contributed by atoms with E-state index >= 15 is 0 Å². The van der Waals surface area contributed by atoms with Crippen molar-refractivity contribution in [1.29, 1.82) is 0 Å². The zero-order valence-electron chi connectivity index (χ0n) is 10.6. The van der Waals surface area contributed by atoms with E-state index in [1.54, 1.807) is 18.8 Å². The van der Waals surface area contributed by atoms with E-state index in [0.29, 0.717) is 6.54 Å². The number of hydrogen-bond donors (Lipinski definition) is 2. The molecule has 2 aromatic rings.